The maximum absolute atomic E-state index is 10.4. The molecular formula is C5H9N3O3. The van der Waals surface area contributed by atoms with E-state index in [4.69, 9.17) is 11.5 Å². The van der Waals surface area contributed by atoms with Gasteiger partial charge in [-0.1, -0.05) is 0 Å². The lowest BCUT2D eigenvalue weighted by atomic mass is 10.2. The van der Waals surface area contributed by atoms with Gasteiger partial charge in [-0.2, -0.15) is 0 Å². The Balaban J connectivity index is 3.99. The number of amides is 3. The third kappa shape index (κ3) is 3.90. The van der Waals surface area contributed by atoms with E-state index in [0.717, 1.165) is 0 Å². The number of rotatable bonds is 5. The van der Waals surface area contributed by atoms with Gasteiger partial charge in [0.05, 0.1) is 6.42 Å². The van der Waals surface area contributed by atoms with Gasteiger partial charge in [0, 0.05) is 0 Å². The summed E-state index contributed by atoms with van der Waals surface area (Å²) in [5.74, 6) is -1.47. The molecule has 0 radical (unpaired) electrons. The number of carbonyl (C=O) groups is 3. The van der Waals surface area contributed by atoms with Gasteiger partial charge in [0.15, 0.2) is 0 Å². The molecule has 0 fully saturated rings. The van der Waals surface area contributed by atoms with Crippen molar-refractivity contribution in [3.8, 4) is 0 Å². The zero-order valence-corrected chi connectivity index (χ0v) is 5.74. The molecule has 0 aromatic heterocycles. The minimum absolute atomic E-state index is 0.270. The summed E-state index contributed by atoms with van der Waals surface area (Å²) in [4.78, 5) is 30.5. The molecule has 0 aliphatic heterocycles. The monoisotopic (exact) mass is 159 g/mol. The highest BCUT2D eigenvalue weighted by Crippen LogP contribution is 1.87. The van der Waals surface area contributed by atoms with Crippen LogP contribution in [0.2, 0.25) is 0 Å². The van der Waals surface area contributed by atoms with Gasteiger partial charge in [-0.05, 0) is 0 Å². The molecule has 0 saturated carbocycles. The molecule has 5 N–H and O–H groups in total. The molecule has 0 rings (SSSR count). The van der Waals surface area contributed by atoms with Crippen LogP contribution < -0.4 is 16.8 Å². The first kappa shape index (κ1) is 9.41. The van der Waals surface area contributed by atoms with Gasteiger partial charge >= 0.3 is 0 Å². The highest BCUT2D eigenvalue weighted by atomic mass is 16.2. The molecule has 3 amide bonds. The van der Waals surface area contributed by atoms with E-state index in [1.54, 1.807) is 0 Å². The van der Waals surface area contributed by atoms with Crippen molar-refractivity contribution in [3.05, 3.63) is 0 Å². The molecule has 62 valence electrons. The summed E-state index contributed by atoms with van der Waals surface area (Å²) in [7, 11) is 0. The predicted octanol–water partition coefficient (Wildman–Crippen LogP) is -2.54. The molecule has 11 heavy (non-hydrogen) atoms. The van der Waals surface area contributed by atoms with Crippen molar-refractivity contribution >= 4 is 18.2 Å². The Bertz CT molecular complexity index is 180. The molecule has 6 nitrogen and oxygen atoms in total. The lowest BCUT2D eigenvalue weighted by molar-refractivity contribution is -0.126. The molecule has 0 spiro atoms. The molecule has 0 aliphatic rings. The second-order valence-electron chi connectivity index (χ2n) is 1.91. The van der Waals surface area contributed by atoms with Crippen molar-refractivity contribution < 1.29 is 14.4 Å². The van der Waals surface area contributed by atoms with Gasteiger partial charge in [0.25, 0.3) is 0 Å². The van der Waals surface area contributed by atoms with Crippen molar-refractivity contribution in [3.63, 3.8) is 0 Å². The third-order valence-electron chi connectivity index (χ3n) is 1.02. The predicted molar refractivity (Wildman–Crippen MR) is 36.0 cm³/mol. The fourth-order valence-electron chi connectivity index (χ4n) is 0.525. The summed E-state index contributed by atoms with van der Waals surface area (Å²) in [5.41, 5.74) is 9.56. The molecular weight excluding hydrogens is 150 g/mol. The Morgan fingerprint density at radius 3 is 2.27 bits per heavy atom. The highest BCUT2D eigenvalue weighted by Gasteiger charge is 2.15. The Labute approximate surface area is 62.9 Å². The number of hydrogen-bond donors (Lipinski definition) is 3. The average molecular weight is 159 g/mol. The molecule has 0 aromatic carbocycles. The molecule has 1 atom stereocenters. The Kier molecular flexibility index (Phi) is 3.65. The zero-order chi connectivity index (χ0) is 8.85. The van der Waals surface area contributed by atoms with E-state index in [2.05, 4.69) is 5.32 Å². The summed E-state index contributed by atoms with van der Waals surface area (Å²) >= 11 is 0. The average Bonchev–Trinajstić information content (AvgIpc) is 1.86. The van der Waals surface area contributed by atoms with Crippen molar-refractivity contribution in [2.24, 2.45) is 11.5 Å². The largest absolute Gasteiger partial charge is 0.370 e. The fraction of sp³-hybridized carbons (Fsp3) is 0.400. The quantitative estimate of drug-likeness (QED) is 0.384. The van der Waals surface area contributed by atoms with Crippen LogP contribution in [0.5, 0.6) is 0 Å². The van der Waals surface area contributed by atoms with Gasteiger partial charge in [0.2, 0.25) is 18.2 Å². The number of primary amides is 2. The van der Waals surface area contributed by atoms with E-state index in [0.29, 0.717) is 6.41 Å². The van der Waals surface area contributed by atoms with Crippen LogP contribution in [-0.4, -0.2) is 24.3 Å². The van der Waals surface area contributed by atoms with Crippen LogP contribution in [0.4, 0.5) is 0 Å². The van der Waals surface area contributed by atoms with E-state index < -0.39 is 17.9 Å². The molecule has 0 saturated heterocycles. The summed E-state index contributed by atoms with van der Waals surface area (Å²) in [6.07, 6.45) is 0.0203. The van der Waals surface area contributed by atoms with Crippen LogP contribution in [0.25, 0.3) is 0 Å². The van der Waals surface area contributed by atoms with Crippen LogP contribution in [0.3, 0.4) is 0 Å². The van der Waals surface area contributed by atoms with Gasteiger partial charge < -0.3 is 16.8 Å². The van der Waals surface area contributed by atoms with Gasteiger partial charge in [-0.3, -0.25) is 14.4 Å². The maximum Gasteiger partial charge on any atom is 0.240 e. The first-order valence-corrected chi connectivity index (χ1v) is 2.85. The molecule has 6 heteroatoms. The smallest absolute Gasteiger partial charge is 0.240 e. The summed E-state index contributed by atoms with van der Waals surface area (Å²) in [5, 5.41) is 2.06. The Morgan fingerprint density at radius 2 is 2.00 bits per heavy atom. The number of nitrogens with two attached hydrogens (primary N) is 2. The van der Waals surface area contributed by atoms with Crippen molar-refractivity contribution in [2.45, 2.75) is 12.5 Å². The first-order valence-electron chi connectivity index (χ1n) is 2.85. The summed E-state index contributed by atoms with van der Waals surface area (Å²) in [6.45, 7) is 0. The molecule has 0 unspecified atom stereocenters. The van der Waals surface area contributed by atoms with Gasteiger partial charge in [-0.25, -0.2) is 0 Å². The van der Waals surface area contributed by atoms with E-state index in [-0.39, 0.29) is 6.42 Å². The van der Waals surface area contributed by atoms with Crippen molar-refractivity contribution in [1.82, 2.24) is 5.32 Å². The normalized spacial score (nSPS) is 11.6. The van der Waals surface area contributed by atoms with Crippen LogP contribution in [-0.2, 0) is 14.4 Å². The topological polar surface area (TPSA) is 115 Å². The Hall–Kier alpha value is -1.59. The molecule has 0 heterocycles. The molecule has 0 bridgehead atoms. The third-order valence-corrected chi connectivity index (χ3v) is 1.02. The highest BCUT2D eigenvalue weighted by molar-refractivity contribution is 5.87. The number of carbonyl (C=O) groups excluding carboxylic acids is 3. The standard InChI is InChI=1S/C5H9N3O3/c6-4(10)1-3(5(7)11)8-2-9/h2-3H,1H2,(H2,6,10)(H2,7,11)(H,8,9)/t3-/m0/s1. The van der Waals surface area contributed by atoms with Gasteiger partial charge in [0.1, 0.15) is 6.04 Å². The lowest BCUT2D eigenvalue weighted by Crippen LogP contribution is -2.43. The zero-order valence-electron chi connectivity index (χ0n) is 5.74. The number of hydrogen-bond acceptors (Lipinski definition) is 3. The van der Waals surface area contributed by atoms with Crippen LogP contribution in [0.15, 0.2) is 0 Å². The van der Waals surface area contributed by atoms with E-state index >= 15 is 0 Å². The fourth-order valence-corrected chi connectivity index (χ4v) is 0.525. The minimum atomic E-state index is -0.995. The second-order valence-corrected chi connectivity index (χ2v) is 1.91. The van der Waals surface area contributed by atoms with Crippen LogP contribution in [0, 0.1) is 0 Å². The molecule has 0 aliphatic carbocycles. The van der Waals surface area contributed by atoms with Crippen LogP contribution in [0.1, 0.15) is 6.42 Å². The SMILES string of the molecule is NC(=O)C[C@H](NC=O)C(N)=O. The van der Waals surface area contributed by atoms with Crippen molar-refractivity contribution in [1.29, 1.82) is 0 Å². The van der Waals surface area contributed by atoms with Crippen molar-refractivity contribution in [2.75, 3.05) is 0 Å². The Morgan fingerprint density at radius 1 is 1.45 bits per heavy atom. The first-order chi connectivity index (χ1) is 5.07. The minimum Gasteiger partial charge on any atom is -0.370 e. The van der Waals surface area contributed by atoms with E-state index in [1.807, 2.05) is 0 Å². The maximum atomic E-state index is 10.4. The molecule has 0 aromatic rings. The summed E-state index contributed by atoms with van der Waals surface area (Å²) in [6, 6.07) is -0.995. The van der Waals surface area contributed by atoms with E-state index in [9.17, 15) is 14.4 Å². The summed E-state index contributed by atoms with van der Waals surface area (Å²) < 4.78 is 0. The second kappa shape index (κ2) is 4.26. The van der Waals surface area contributed by atoms with Gasteiger partial charge in [-0.15, -0.1) is 0 Å². The lowest BCUT2D eigenvalue weighted by Gasteiger charge is -2.08. The van der Waals surface area contributed by atoms with Crippen LogP contribution >= 0.6 is 0 Å². The number of nitrogens with one attached hydrogen (secondary N) is 1. The van der Waals surface area contributed by atoms with E-state index in [1.165, 1.54) is 0 Å².